The molecule has 198 valence electrons. The summed E-state index contributed by atoms with van der Waals surface area (Å²) in [7, 11) is 0. The van der Waals surface area contributed by atoms with Crippen LogP contribution in [-0.2, 0) is 9.53 Å². The molecule has 0 aliphatic rings. The van der Waals surface area contributed by atoms with Gasteiger partial charge in [-0.3, -0.25) is 4.79 Å². The summed E-state index contributed by atoms with van der Waals surface area (Å²) in [5.74, 6) is 0.594. The second-order valence-corrected chi connectivity index (χ2v) is 10.6. The highest BCUT2D eigenvalue weighted by molar-refractivity contribution is 5.69. The Labute approximate surface area is 209 Å². The Morgan fingerprint density at radius 2 is 0.848 bits per heavy atom. The lowest BCUT2D eigenvalue weighted by Gasteiger charge is -2.16. The minimum Gasteiger partial charge on any atom is -0.466 e. The Hall–Kier alpha value is -0.530. The van der Waals surface area contributed by atoms with E-state index in [-0.39, 0.29) is 5.97 Å². The molecule has 0 saturated carbocycles. The van der Waals surface area contributed by atoms with Gasteiger partial charge < -0.3 is 4.74 Å². The zero-order valence-corrected chi connectivity index (χ0v) is 23.3. The summed E-state index contributed by atoms with van der Waals surface area (Å²) in [4.78, 5) is 12.3. The second-order valence-electron chi connectivity index (χ2n) is 10.6. The zero-order chi connectivity index (χ0) is 24.2. The summed E-state index contributed by atoms with van der Waals surface area (Å²) >= 11 is 0. The first kappa shape index (κ1) is 32.5. The number of ether oxygens (including phenoxy) is 1. The van der Waals surface area contributed by atoms with Crippen LogP contribution in [0.15, 0.2) is 0 Å². The lowest BCUT2D eigenvalue weighted by Crippen LogP contribution is -2.13. The predicted octanol–water partition coefficient (Wildman–Crippen LogP) is 11.0. The van der Waals surface area contributed by atoms with Gasteiger partial charge in [0.2, 0.25) is 0 Å². The molecular formula is C31H62O2. The Balaban J connectivity index is 3.66. The van der Waals surface area contributed by atoms with Crippen molar-refractivity contribution < 1.29 is 9.53 Å². The van der Waals surface area contributed by atoms with E-state index in [0.717, 1.165) is 6.42 Å². The summed E-state index contributed by atoms with van der Waals surface area (Å²) in [5, 5.41) is 0. The van der Waals surface area contributed by atoms with Gasteiger partial charge in [-0.2, -0.15) is 0 Å². The first-order valence-corrected chi connectivity index (χ1v) is 15.4. The number of esters is 1. The van der Waals surface area contributed by atoms with Crippen LogP contribution in [0.25, 0.3) is 0 Å². The molecule has 0 heterocycles. The van der Waals surface area contributed by atoms with Crippen LogP contribution in [0, 0.1) is 5.92 Å². The average Bonchev–Trinajstić information content (AvgIpc) is 2.82. The van der Waals surface area contributed by atoms with Gasteiger partial charge in [-0.25, -0.2) is 0 Å². The number of unbranched alkanes of at least 4 members (excludes halogenated alkanes) is 19. The molecule has 0 amide bonds. The van der Waals surface area contributed by atoms with Crippen molar-refractivity contribution in [3.8, 4) is 0 Å². The van der Waals surface area contributed by atoms with E-state index < -0.39 is 0 Å². The van der Waals surface area contributed by atoms with Crippen molar-refractivity contribution >= 4 is 5.97 Å². The van der Waals surface area contributed by atoms with E-state index in [1.807, 2.05) is 0 Å². The number of hydrogen-bond donors (Lipinski definition) is 0. The van der Waals surface area contributed by atoms with Gasteiger partial charge in [0.25, 0.3) is 0 Å². The lowest BCUT2D eigenvalue weighted by atomic mass is 9.92. The topological polar surface area (TPSA) is 26.3 Å². The van der Waals surface area contributed by atoms with Gasteiger partial charge >= 0.3 is 5.97 Å². The highest BCUT2D eigenvalue weighted by atomic mass is 16.5. The lowest BCUT2D eigenvalue weighted by molar-refractivity contribution is -0.145. The van der Waals surface area contributed by atoms with E-state index in [2.05, 4.69) is 20.8 Å². The molecule has 0 N–H and O–H groups in total. The summed E-state index contributed by atoms with van der Waals surface area (Å²) in [5.41, 5.74) is 0. The third kappa shape index (κ3) is 25.9. The largest absolute Gasteiger partial charge is 0.466 e. The van der Waals surface area contributed by atoms with Crippen molar-refractivity contribution in [2.75, 3.05) is 6.61 Å². The van der Waals surface area contributed by atoms with Crippen LogP contribution in [-0.4, -0.2) is 12.6 Å². The number of rotatable bonds is 27. The van der Waals surface area contributed by atoms with Gasteiger partial charge in [0.05, 0.1) is 6.61 Å². The van der Waals surface area contributed by atoms with Gasteiger partial charge in [-0.05, 0) is 25.2 Å². The van der Waals surface area contributed by atoms with Gasteiger partial charge in [0, 0.05) is 6.42 Å². The summed E-state index contributed by atoms with van der Waals surface area (Å²) < 4.78 is 5.56. The Morgan fingerprint density at radius 1 is 0.485 bits per heavy atom. The van der Waals surface area contributed by atoms with Crippen LogP contribution in [0.1, 0.15) is 181 Å². The monoisotopic (exact) mass is 466 g/mol. The van der Waals surface area contributed by atoms with Crippen LogP contribution in [0.2, 0.25) is 0 Å². The molecule has 0 aliphatic carbocycles. The molecule has 2 nitrogen and oxygen atoms in total. The highest BCUT2D eigenvalue weighted by Gasteiger charge is 2.14. The van der Waals surface area contributed by atoms with Crippen LogP contribution < -0.4 is 0 Å². The van der Waals surface area contributed by atoms with Gasteiger partial charge in [0.1, 0.15) is 0 Å². The summed E-state index contributed by atoms with van der Waals surface area (Å²) in [6.07, 6.45) is 32.6. The molecule has 0 aliphatic heterocycles. The number of carbonyl (C=O) groups is 1. The second kappa shape index (κ2) is 27.7. The molecule has 0 aromatic heterocycles. The molecule has 0 bridgehead atoms. The molecule has 0 rings (SSSR count). The van der Waals surface area contributed by atoms with Crippen molar-refractivity contribution in [3.05, 3.63) is 0 Å². The van der Waals surface area contributed by atoms with Crippen molar-refractivity contribution in [2.45, 2.75) is 181 Å². The minimum absolute atomic E-state index is 0.0526. The molecule has 0 saturated heterocycles. The first-order valence-electron chi connectivity index (χ1n) is 15.4. The molecule has 0 radical (unpaired) electrons. The quantitative estimate of drug-likeness (QED) is 0.0888. The normalized spacial score (nSPS) is 12.2. The molecule has 0 aromatic rings. The SMILES string of the molecule is CCCCCCCCCCCCCCCC(CCCC)CC(=O)OCCCCCCCCC. The molecule has 2 heteroatoms. The summed E-state index contributed by atoms with van der Waals surface area (Å²) in [6.45, 7) is 7.43. The smallest absolute Gasteiger partial charge is 0.306 e. The Morgan fingerprint density at radius 3 is 1.30 bits per heavy atom. The van der Waals surface area contributed by atoms with Crippen molar-refractivity contribution in [1.82, 2.24) is 0 Å². The highest BCUT2D eigenvalue weighted by Crippen LogP contribution is 2.22. The Kier molecular flexibility index (Phi) is 27.3. The van der Waals surface area contributed by atoms with Crippen LogP contribution in [0.4, 0.5) is 0 Å². The minimum atomic E-state index is 0.0526. The fraction of sp³-hybridized carbons (Fsp3) is 0.968. The molecule has 0 fully saturated rings. The maximum absolute atomic E-state index is 12.3. The predicted molar refractivity (Wildman–Crippen MR) is 147 cm³/mol. The number of hydrogen-bond acceptors (Lipinski definition) is 2. The van der Waals surface area contributed by atoms with E-state index in [9.17, 15) is 4.79 Å². The van der Waals surface area contributed by atoms with E-state index in [0.29, 0.717) is 18.9 Å². The molecular weight excluding hydrogens is 404 g/mol. The van der Waals surface area contributed by atoms with E-state index in [1.54, 1.807) is 0 Å². The number of carbonyl (C=O) groups excluding carboxylic acids is 1. The molecule has 0 aromatic carbocycles. The van der Waals surface area contributed by atoms with E-state index in [4.69, 9.17) is 4.74 Å². The van der Waals surface area contributed by atoms with Gasteiger partial charge in [-0.15, -0.1) is 0 Å². The Bertz CT molecular complexity index is 379. The fourth-order valence-corrected chi connectivity index (χ4v) is 4.83. The molecule has 0 spiro atoms. The van der Waals surface area contributed by atoms with Crippen molar-refractivity contribution in [3.63, 3.8) is 0 Å². The average molecular weight is 467 g/mol. The maximum Gasteiger partial charge on any atom is 0.306 e. The van der Waals surface area contributed by atoms with E-state index in [1.165, 1.54) is 148 Å². The van der Waals surface area contributed by atoms with Crippen LogP contribution in [0.5, 0.6) is 0 Å². The van der Waals surface area contributed by atoms with Crippen LogP contribution >= 0.6 is 0 Å². The molecule has 33 heavy (non-hydrogen) atoms. The van der Waals surface area contributed by atoms with Crippen LogP contribution in [0.3, 0.4) is 0 Å². The third-order valence-corrected chi connectivity index (χ3v) is 7.15. The standard InChI is InChI=1S/C31H62O2/c1-4-7-10-12-14-15-16-17-18-19-20-22-24-27-30(26-9-6-3)29-31(32)33-28-25-23-21-13-11-8-5-2/h30H,4-29H2,1-3H3. The first-order chi connectivity index (χ1) is 16.2. The van der Waals surface area contributed by atoms with Crippen molar-refractivity contribution in [2.24, 2.45) is 5.92 Å². The maximum atomic E-state index is 12.3. The van der Waals surface area contributed by atoms with Crippen molar-refractivity contribution in [1.29, 1.82) is 0 Å². The molecule has 1 atom stereocenters. The van der Waals surface area contributed by atoms with Gasteiger partial charge in [0.15, 0.2) is 0 Å². The third-order valence-electron chi connectivity index (χ3n) is 7.15. The van der Waals surface area contributed by atoms with E-state index >= 15 is 0 Å². The zero-order valence-electron chi connectivity index (χ0n) is 23.3. The van der Waals surface area contributed by atoms with Gasteiger partial charge in [-0.1, -0.05) is 156 Å². The summed E-state index contributed by atoms with van der Waals surface area (Å²) in [6, 6.07) is 0. The fourth-order valence-electron chi connectivity index (χ4n) is 4.83. The molecule has 1 unspecified atom stereocenters.